The number of ether oxygens (including phenoxy) is 1. The molecule has 1 amide bonds. The van der Waals surface area contributed by atoms with Crippen LogP contribution in [-0.4, -0.2) is 18.8 Å². The van der Waals surface area contributed by atoms with Crippen LogP contribution in [0.4, 0.5) is 5.69 Å². The lowest BCUT2D eigenvalue weighted by Crippen LogP contribution is -2.36. The van der Waals surface area contributed by atoms with Crippen molar-refractivity contribution in [1.82, 2.24) is 5.32 Å². The van der Waals surface area contributed by atoms with E-state index in [-0.39, 0.29) is 11.9 Å². The van der Waals surface area contributed by atoms with E-state index in [0.29, 0.717) is 11.4 Å². The van der Waals surface area contributed by atoms with Crippen molar-refractivity contribution in [3.8, 4) is 5.75 Å². The van der Waals surface area contributed by atoms with Gasteiger partial charge in [-0.1, -0.05) is 54.6 Å². The van der Waals surface area contributed by atoms with Gasteiger partial charge in [0.25, 0.3) is 0 Å². The topological polar surface area (TPSA) is 50.4 Å². The molecule has 0 bridgehead atoms. The van der Waals surface area contributed by atoms with Gasteiger partial charge < -0.3 is 10.1 Å². The second kappa shape index (κ2) is 9.37. The van der Waals surface area contributed by atoms with Gasteiger partial charge in [0, 0.05) is 10.9 Å². The van der Waals surface area contributed by atoms with Crippen LogP contribution in [0.5, 0.6) is 5.75 Å². The van der Waals surface area contributed by atoms with Crippen LogP contribution in [0, 0.1) is 6.92 Å². The molecule has 0 radical (unpaired) electrons. The van der Waals surface area contributed by atoms with E-state index in [1.807, 2.05) is 67.2 Å². The predicted octanol–water partition coefficient (Wildman–Crippen LogP) is 5.51. The summed E-state index contributed by atoms with van der Waals surface area (Å²) in [6.45, 7) is 2.00. The molecular weight excluding hydrogens is 392 g/mol. The SMILES string of the molecule is COc1ccc(C)cc1NC(=O)[C@H](N[C@H]1CCSc2ccccc21)c1ccccc1. The van der Waals surface area contributed by atoms with Crippen LogP contribution in [-0.2, 0) is 4.79 Å². The molecule has 1 aliphatic heterocycles. The van der Waals surface area contributed by atoms with E-state index in [9.17, 15) is 4.79 Å². The van der Waals surface area contributed by atoms with E-state index < -0.39 is 6.04 Å². The summed E-state index contributed by atoms with van der Waals surface area (Å²) < 4.78 is 5.45. The van der Waals surface area contributed by atoms with Gasteiger partial charge in [0.15, 0.2) is 0 Å². The van der Waals surface area contributed by atoms with Gasteiger partial charge in [-0.05, 0) is 54.0 Å². The van der Waals surface area contributed by atoms with Crippen molar-refractivity contribution in [1.29, 1.82) is 0 Å². The Bertz CT molecular complexity index is 1020. The number of aryl methyl sites for hydroxylation is 1. The fourth-order valence-electron chi connectivity index (χ4n) is 3.81. The molecule has 3 aromatic carbocycles. The highest BCUT2D eigenvalue weighted by molar-refractivity contribution is 7.99. The molecule has 154 valence electrons. The molecule has 0 saturated carbocycles. The summed E-state index contributed by atoms with van der Waals surface area (Å²) in [5.41, 5.74) is 3.95. The predicted molar refractivity (Wildman–Crippen MR) is 123 cm³/mol. The van der Waals surface area contributed by atoms with Crippen LogP contribution >= 0.6 is 11.8 Å². The molecule has 3 aromatic rings. The van der Waals surface area contributed by atoms with E-state index in [4.69, 9.17) is 4.74 Å². The Morgan fingerprint density at radius 2 is 1.83 bits per heavy atom. The maximum atomic E-state index is 13.4. The number of amides is 1. The van der Waals surface area contributed by atoms with Crippen molar-refractivity contribution in [3.05, 3.63) is 89.5 Å². The minimum Gasteiger partial charge on any atom is -0.495 e. The van der Waals surface area contributed by atoms with E-state index in [0.717, 1.165) is 23.3 Å². The highest BCUT2D eigenvalue weighted by Crippen LogP contribution is 2.37. The molecule has 2 atom stereocenters. The molecule has 0 aliphatic carbocycles. The van der Waals surface area contributed by atoms with Crippen LogP contribution in [0.25, 0.3) is 0 Å². The summed E-state index contributed by atoms with van der Waals surface area (Å²) in [5, 5.41) is 6.72. The van der Waals surface area contributed by atoms with Crippen LogP contribution < -0.4 is 15.4 Å². The summed E-state index contributed by atoms with van der Waals surface area (Å²) in [7, 11) is 1.61. The fourth-order valence-corrected chi connectivity index (χ4v) is 4.93. The van der Waals surface area contributed by atoms with Crippen LogP contribution in [0.1, 0.15) is 35.2 Å². The Kier molecular flexibility index (Phi) is 6.41. The standard InChI is InChI=1S/C25H26N2O2S/c1-17-12-13-22(29-2)21(16-17)27-25(28)24(18-8-4-3-5-9-18)26-20-14-15-30-23-11-7-6-10-19(20)23/h3-13,16,20,24,26H,14-15H2,1-2H3,(H,27,28)/t20-,24+/m0/s1. The number of anilines is 1. The lowest BCUT2D eigenvalue weighted by molar-refractivity contribution is -0.118. The minimum atomic E-state index is -0.474. The van der Waals surface area contributed by atoms with Gasteiger partial charge in [-0.25, -0.2) is 0 Å². The maximum absolute atomic E-state index is 13.4. The van der Waals surface area contributed by atoms with Gasteiger partial charge in [-0.3, -0.25) is 10.1 Å². The van der Waals surface area contributed by atoms with Gasteiger partial charge in [-0.2, -0.15) is 0 Å². The Hall–Kier alpha value is -2.76. The van der Waals surface area contributed by atoms with E-state index in [2.05, 4.69) is 34.9 Å². The molecule has 2 N–H and O–H groups in total. The number of rotatable bonds is 6. The summed E-state index contributed by atoms with van der Waals surface area (Å²) in [4.78, 5) is 14.7. The molecule has 1 heterocycles. The molecule has 0 spiro atoms. The molecule has 30 heavy (non-hydrogen) atoms. The average Bonchev–Trinajstić information content (AvgIpc) is 2.78. The van der Waals surface area contributed by atoms with Crippen LogP contribution in [0.2, 0.25) is 0 Å². The second-order valence-electron chi connectivity index (χ2n) is 7.43. The molecule has 0 unspecified atom stereocenters. The van der Waals surface area contributed by atoms with Crippen molar-refractivity contribution < 1.29 is 9.53 Å². The maximum Gasteiger partial charge on any atom is 0.246 e. The Morgan fingerprint density at radius 3 is 2.63 bits per heavy atom. The third-order valence-corrected chi connectivity index (χ3v) is 6.46. The van der Waals surface area contributed by atoms with E-state index in [1.165, 1.54) is 10.5 Å². The molecule has 1 aliphatic rings. The van der Waals surface area contributed by atoms with Gasteiger partial charge in [0.1, 0.15) is 11.8 Å². The molecule has 0 aromatic heterocycles. The number of methoxy groups -OCH3 is 1. The number of hydrogen-bond acceptors (Lipinski definition) is 4. The molecular formula is C25H26N2O2S. The smallest absolute Gasteiger partial charge is 0.246 e. The fraction of sp³-hybridized carbons (Fsp3) is 0.240. The average molecular weight is 419 g/mol. The van der Waals surface area contributed by atoms with Crippen molar-refractivity contribution >= 4 is 23.4 Å². The first kappa shape index (κ1) is 20.5. The lowest BCUT2D eigenvalue weighted by atomic mass is 9.99. The lowest BCUT2D eigenvalue weighted by Gasteiger charge is -2.30. The number of hydrogen-bond donors (Lipinski definition) is 2. The number of thioether (sulfide) groups is 1. The Labute approximate surface area is 182 Å². The van der Waals surface area contributed by atoms with Crippen molar-refractivity contribution in [2.75, 3.05) is 18.2 Å². The summed E-state index contributed by atoms with van der Waals surface area (Å²) in [6.07, 6.45) is 0.978. The molecule has 4 nitrogen and oxygen atoms in total. The third kappa shape index (κ3) is 4.53. The number of benzene rings is 3. The second-order valence-corrected chi connectivity index (χ2v) is 8.57. The summed E-state index contributed by atoms with van der Waals surface area (Å²) >= 11 is 1.88. The zero-order valence-electron chi connectivity index (χ0n) is 17.2. The third-order valence-electron chi connectivity index (χ3n) is 5.33. The monoisotopic (exact) mass is 418 g/mol. The van der Waals surface area contributed by atoms with Crippen LogP contribution in [0.3, 0.4) is 0 Å². The first-order chi connectivity index (χ1) is 14.7. The van der Waals surface area contributed by atoms with E-state index in [1.54, 1.807) is 7.11 Å². The zero-order chi connectivity index (χ0) is 20.9. The number of carbonyl (C=O) groups is 1. The van der Waals surface area contributed by atoms with E-state index >= 15 is 0 Å². The first-order valence-electron chi connectivity index (χ1n) is 10.1. The number of fused-ring (bicyclic) bond motifs is 1. The van der Waals surface area contributed by atoms with Gasteiger partial charge in [-0.15, -0.1) is 11.8 Å². The van der Waals surface area contributed by atoms with Gasteiger partial charge in [0.2, 0.25) is 5.91 Å². The molecule has 0 saturated heterocycles. The van der Waals surface area contributed by atoms with Crippen molar-refractivity contribution in [2.24, 2.45) is 0 Å². The van der Waals surface area contributed by atoms with Crippen LogP contribution in [0.15, 0.2) is 77.7 Å². The molecule has 5 heteroatoms. The van der Waals surface area contributed by atoms with Gasteiger partial charge in [0.05, 0.1) is 12.8 Å². The highest BCUT2D eigenvalue weighted by Gasteiger charge is 2.28. The molecule has 0 fully saturated rings. The number of nitrogens with one attached hydrogen (secondary N) is 2. The first-order valence-corrected chi connectivity index (χ1v) is 11.1. The molecule has 4 rings (SSSR count). The summed E-state index contributed by atoms with van der Waals surface area (Å²) in [5.74, 6) is 1.59. The normalized spacial score (nSPS) is 16.4. The highest BCUT2D eigenvalue weighted by atomic mass is 32.2. The zero-order valence-corrected chi connectivity index (χ0v) is 18.0. The quantitative estimate of drug-likeness (QED) is 0.554. The largest absolute Gasteiger partial charge is 0.495 e. The summed E-state index contributed by atoms with van der Waals surface area (Å²) in [6, 6.07) is 23.8. The van der Waals surface area contributed by atoms with Gasteiger partial charge >= 0.3 is 0 Å². The Balaban J connectivity index is 1.63. The Morgan fingerprint density at radius 1 is 1.07 bits per heavy atom. The number of carbonyl (C=O) groups excluding carboxylic acids is 1. The van der Waals surface area contributed by atoms with Crippen molar-refractivity contribution in [2.45, 2.75) is 30.3 Å². The minimum absolute atomic E-state index is 0.0965. The van der Waals surface area contributed by atoms with Crippen molar-refractivity contribution in [3.63, 3.8) is 0 Å².